The maximum absolute atomic E-state index is 13.0. The summed E-state index contributed by atoms with van der Waals surface area (Å²) in [5.74, 6) is 0.548. The zero-order valence-electron chi connectivity index (χ0n) is 16.6. The molecule has 1 fully saturated rings. The number of hydrogen-bond donors (Lipinski definition) is 0. The summed E-state index contributed by atoms with van der Waals surface area (Å²) in [7, 11) is 1.57. The van der Waals surface area contributed by atoms with Gasteiger partial charge in [0.2, 0.25) is 5.91 Å². The number of rotatable bonds is 6. The lowest BCUT2D eigenvalue weighted by Crippen LogP contribution is -2.42. The molecule has 0 aliphatic carbocycles. The van der Waals surface area contributed by atoms with Crippen molar-refractivity contribution in [3.8, 4) is 5.75 Å². The van der Waals surface area contributed by atoms with E-state index in [1.165, 1.54) is 0 Å². The quantitative estimate of drug-likeness (QED) is 0.603. The molecule has 2 heterocycles. The lowest BCUT2D eigenvalue weighted by molar-refractivity contribution is -0.132. The Bertz CT molecular complexity index is 1030. The highest BCUT2D eigenvalue weighted by atomic mass is 16.5. The molecule has 1 aliphatic heterocycles. The topological polar surface area (TPSA) is 64.4 Å². The van der Waals surface area contributed by atoms with Crippen LogP contribution >= 0.6 is 0 Å². The Morgan fingerprint density at radius 2 is 1.93 bits per heavy atom. The zero-order chi connectivity index (χ0) is 20.2. The van der Waals surface area contributed by atoms with E-state index in [2.05, 4.69) is 4.98 Å². The molecule has 6 nitrogen and oxygen atoms in total. The van der Waals surface area contributed by atoms with Crippen LogP contribution in [0.5, 0.6) is 5.75 Å². The smallest absolute Gasteiger partial charge is 0.224 e. The lowest BCUT2D eigenvalue weighted by Gasteiger charge is -2.32. The van der Waals surface area contributed by atoms with Crippen LogP contribution in [-0.4, -0.2) is 46.3 Å². The number of ether oxygens (including phenoxy) is 1. The van der Waals surface area contributed by atoms with Gasteiger partial charge in [-0.05, 0) is 37.1 Å². The third kappa shape index (κ3) is 4.01. The van der Waals surface area contributed by atoms with Crippen LogP contribution in [0.15, 0.2) is 54.9 Å². The summed E-state index contributed by atoms with van der Waals surface area (Å²) in [6.07, 6.45) is 3.82. The average Bonchev–Trinajstić information content (AvgIpc) is 3.20. The molecular weight excluding hydrogens is 366 g/mol. The van der Waals surface area contributed by atoms with Crippen LogP contribution in [0.2, 0.25) is 0 Å². The summed E-state index contributed by atoms with van der Waals surface area (Å²) in [6.45, 7) is 1.76. The van der Waals surface area contributed by atoms with Gasteiger partial charge in [0, 0.05) is 32.0 Å². The van der Waals surface area contributed by atoms with Gasteiger partial charge in [0.05, 0.1) is 30.0 Å². The van der Waals surface area contributed by atoms with Crippen LogP contribution in [0.25, 0.3) is 11.0 Å². The number of aromatic nitrogens is 2. The molecular formula is C23H25N3O3. The van der Waals surface area contributed by atoms with E-state index in [-0.39, 0.29) is 17.6 Å². The molecule has 0 spiro atoms. The number of Topliss-reactive ketones (excluding diaryl/α,β-unsaturated/α-hetero) is 1. The Balaban J connectivity index is 1.40. The van der Waals surface area contributed by atoms with Gasteiger partial charge in [-0.15, -0.1) is 0 Å². The molecule has 6 heteroatoms. The van der Waals surface area contributed by atoms with Gasteiger partial charge in [0.1, 0.15) is 5.75 Å². The van der Waals surface area contributed by atoms with E-state index in [1.807, 2.05) is 45.9 Å². The second-order valence-electron chi connectivity index (χ2n) is 7.42. The van der Waals surface area contributed by atoms with Crippen LogP contribution in [0, 0.1) is 5.92 Å². The van der Waals surface area contributed by atoms with Crippen molar-refractivity contribution in [3.05, 3.63) is 60.4 Å². The number of carbonyl (C=O) groups excluding carboxylic acids is 2. The van der Waals surface area contributed by atoms with Crippen molar-refractivity contribution >= 4 is 22.7 Å². The molecule has 3 aromatic rings. The number of carbonyl (C=O) groups is 2. The zero-order valence-corrected chi connectivity index (χ0v) is 16.6. The summed E-state index contributed by atoms with van der Waals surface area (Å²) < 4.78 is 7.35. The van der Waals surface area contributed by atoms with Crippen LogP contribution in [0.3, 0.4) is 0 Å². The van der Waals surface area contributed by atoms with Crippen molar-refractivity contribution in [3.63, 3.8) is 0 Å². The van der Waals surface area contributed by atoms with Gasteiger partial charge in [0.25, 0.3) is 0 Å². The van der Waals surface area contributed by atoms with Gasteiger partial charge in [-0.3, -0.25) is 9.59 Å². The second kappa shape index (κ2) is 8.47. The van der Waals surface area contributed by atoms with Crippen molar-refractivity contribution in [2.75, 3.05) is 20.2 Å². The molecule has 0 saturated carbocycles. The highest BCUT2D eigenvalue weighted by Gasteiger charge is 2.30. The van der Waals surface area contributed by atoms with E-state index in [0.29, 0.717) is 37.4 Å². The summed E-state index contributed by atoms with van der Waals surface area (Å²) in [6, 6.07) is 15.2. The fraction of sp³-hybridized carbons (Fsp3) is 0.348. The number of fused-ring (bicyclic) bond motifs is 1. The number of amides is 1. The van der Waals surface area contributed by atoms with Crippen LogP contribution in [0.1, 0.15) is 29.6 Å². The molecule has 1 saturated heterocycles. The molecule has 150 valence electrons. The number of imidazole rings is 1. The Morgan fingerprint density at radius 1 is 1.14 bits per heavy atom. The minimum Gasteiger partial charge on any atom is -0.496 e. The van der Waals surface area contributed by atoms with Gasteiger partial charge in [-0.25, -0.2) is 4.98 Å². The summed E-state index contributed by atoms with van der Waals surface area (Å²) in [5, 5.41) is 0. The standard InChI is InChI=1S/C23H25N3O3/c1-29-21-11-5-2-8-18(21)23(28)17-7-6-13-25(15-17)22(27)12-14-26-16-24-19-9-3-4-10-20(19)26/h2-5,8-11,16-17H,6-7,12-15H2,1H3. The van der Waals surface area contributed by atoms with E-state index >= 15 is 0 Å². The van der Waals surface area contributed by atoms with Gasteiger partial charge >= 0.3 is 0 Å². The van der Waals surface area contributed by atoms with Gasteiger partial charge in [-0.1, -0.05) is 24.3 Å². The van der Waals surface area contributed by atoms with E-state index in [9.17, 15) is 9.59 Å². The number of benzene rings is 2. The Kier molecular flexibility index (Phi) is 5.60. The van der Waals surface area contributed by atoms with E-state index in [0.717, 1.165) is 23.9 Å². The van der Waals surface area contributed by atoms with Crippen molar-refractivity contribution in [2.24, 2.45) is 5.92 Å². The van der Waals surface area contributed by atoms with Crippen molar-refractivity contribution in [2.45, 2.75) is 25.8 Å². The fourth-order valence-electron chi connectivity index (χ4n) is 4.05. The predicted molar refractivity (Wildman–Crippen MR) is 111 cm³/mol. The van der Waals surface area contributed by atoms with E-state index < -0.39 is 0 Å². The number of likely N-dealkylation sites (tertiary alicyclic amines) is 1. The number of para-hydroxylation sites is 3. The minimum atomic E-state index is -0.182. The van der Waals surface area contributed by atoms with Gasteiger partial charge in [0.15, 0.2) is 5.78 Å². The van der Waals surface area contributed by atoms with Crippen molar-refractivity contribution < 1.29 is 14.3 Å². The molecule has 0 bridgehead atoms. The lowest BCUT2D eigenvalue weighted by atomic mass is 9.89. The molecule has 1 aliphatic rings. The highest BCUT2D eigenvalue weighted by Crippen LogP contribution is 2.26. The minimum absolute atomic E-state index is 0.0561. The van der Waals surface area contributed by atoms with E-state index in [1.54, 1.807) is 25.6 Å². The number of hydrogen-bond acceptors (Lipinski definition) is 4. The Hall–Kier alpha value is -3.15. The maximum Gasteiger partial charge on any atom is 0.224 e. The first-order valence-electron chi connectivity index (χ1n) is 10.0. The van der Waals surface area contributed by atoms with Crippen molar-refractivity contribution in [1.29, 1.82) is 0 Å². The van der Waals surface area contributed by atoms with Crippen LogP contribution in [0.4, 0.5) is 0 Å². The van der Waals surface area contributed by atoms with E-state index in [4.69, 9.17) is 4.74 Å². The summed E-state index contributed by atoms with van der Waals surface area (Å²) in [5.41, 5.74) is 2.56. The molecule has 1 amide bonds. The number of nitrogens with zero attached hydrogens (tertiary/aromatic N) is 3. The maximum atomic E-state index is 13.0. The third-order valence-corrected chi connectivity index (χ3v) is 5.61. The predicted octanol–water partition coefficient (Wildman–Crippen LogP) is 3.56. The third-order valence-electron chi connectivity index (χ3n) is 5.61. The molecule has 29 heavy (non-hydrogen) atoms. The normalized spacial score (nSPS) is 16.7. The Labute approximate surface area is 170 Å². The molecule has 1 aromatic heterocycles. The first-order chi connectivity index (χ1) is 14.2. The van der Waals surface area contributed by atoms with Gasteiger partial charge in [-0.2, -0.15) is 0 Å². The number of methoxy groups -OCH3 is 1. The molecule has 0 radical (unpaired) electrons. The summed E-state index contributed by atoms with van der Waals surface area (Å²) in [4.78, 5) is 32.0. The van der Waals surface area contributed by atoms with Crippen molar-refractivity contribution in [1.82, 2.24) is 14.5 Å². The SMILES string of the molecule is COc1ccccc1C(=O)C1CCCN(C(=O)CCn2cnc3ccccc32)C1. The van der Waals surface area contributed by atoms with Crippen LogP contribution in [-0.2, 0) is 11.3 Å². The molecule has 4 rings (SSSR count). The number of aryl methyl sites for hydroxylation is 1. The monoisotopic (exact) mass is 391 g/mol. The molecule has 2 aromatic carbocycles. The average molecular weight is 391 g/mol. The summed E-state index contributed by atoms with van der Waals surface area (Å²) >= 11 is 0. The Morgan fingerprint density at radius 3 is 2.79 bits per heavy atom. The largest absolute Gasteiger partial charge is 0.496 e. The fourth-order valence-corrected chi connectivity index (χ4v) is 4.05. The second-order valence-corrected chi connectivity index (χ2v) is 7.42. The first-order valence-corrected chi connectivity index (χ1v) is 10.0. The molecule has 1 unspecified atom stereocenters. The van der Waals surface area contributed by atoms with Crippen LogP contribution < -0.4 is 4.74 Å². The number of piperidine rings is 1. The first kappa shape index (κ1) is 19.2. The molecule has 1 atom stereocenters. The number of ketones is 1. The molecule has 0 N–H and O–H groups in total. The van der Waals surface area contributed by atoms with Gasteiger partial charge < -0.3 is 14.2 Å². The highest BCUT2D eigenvalue weighted by molar-refractivity contribution is 6.00.